The van der Waals surface area contributed by atoms with Crippen LogP contribution < -0.4 is 4.90 Å². The minimum absolute atomic E-state index is 0.285. The van der Waals surface area contributed by atoms with E-state index in [2.05, 4.69) is 22.4 Å². The van der Waals surface area contributed by atoms with Crippen LogP contribution in [0.3, 0.4) is 0 Å². The molecule has 1 fully saturated rings. The summed E-state index contributed by atoms with van der Waals surface area (Å²) in [5.41, 5.74) is 2.22. The summed E-state index contributed by atoms with van der Waals surface area (Å²) in [6.45, 7) is 2.27. The fourth-order valence-electron chi connectivity index (χ4n) is 2.54. The van der Waals surface area contributed by atoms with Gasteiger partial charge in [0.25, 0.3) is 0 Å². The molecule has 1 aliphatic rings. The Morgan fingerprint density at radius 1 is 1.32 bits per heavy atom. The molecule has 0 spiro atoms. The predicted molar refractivity (Wildman–Crippen MR) is 79.6 cm³/mol. The maximum atomic E-state index is 9.30. The van der Waals surface area contributed by atoms with Gasteiger partial charge in [-0.25, -0.2) is 4.98 Å². The van der Waals surface area contributed by atoms with E-state index in [-0.39, 0.29) is 6.61 Å². The molecule has 1 aliphatic heterocycles. The van der Waals surface area contributed by atoms with Gasteiger partial charge in [-0.2, -0.15) is 0 Å². The van der Waals surface area contributed by atoms with Crippen molar-refractivity contribution in [2.75, 3.05) is 24.6 Å². The molecular formula is C15H18N2OS. The monoisotopic (exact) mass is 274 g/mol. The van der Waals surface area contributed by atoms with Gasteiger partial charge in [-0.1, -0.05) is 30.3 Å². The van der Waals surface area contributed by atoms with E-state index in [1.165, 1.54) is 5.56 Å². The van der Waals surface area contributed by atoms with E-state index in [4.69, 9.17) is 4.98 Å². The Bertz CT molecular complexity index is 526. The van der Waals surface area contributed by atoms with E-state index < -0.39 is 0 Å². The number of hydrogen-bond acceptors (Lipinski definition) is 4. The van der Waals surface area contributed by atoms with Gasteiger partial charge in [-0.05, 0) is 18.8 Å². The number of aliphatic hydroxyl groups excluding tert-OH is 1. The minimum atomic E-state index is 0.285. The highest BCUT2D eigenvalue weighted by atomic mass is 32.1. The molecule has 100 valence electrons. The number of nitrogens with zero attached hydrogens (tertiary/aromatic N) is 2. The van der Waals surface area contributed by atoms with Crippen LogP contribution in [0.4, 0.5) is 5.13 Å². The van der Waals surface area contributed by atoms with Crippen LogP contribution in [-0.2, 0) is 0 Å². The first-order valence-electron chi connectivity index (χ1n) is 6.73. The Kier molecular flexibility index (Phi) is 3.80. The second-order valence-corrected chi connectivity index (χ2v) is 5.85. The van der Waals surface area contributed by atoms with E-state index in [1.807, 2.05) is 18.2 Å². The smallest absolute Gasteiger partial charge is 0.185 e. The van der Waals surface area contributed by atoms with Crippen LogP contribution in [0, 0.1) is 5.92 Å². The number of aromatic nitrogens is 1. The highest BCUT2D eigenvalue weighted by molar-refractivity contribution is 7.14. The summed E-state index contributed by atoms with van der Waals surface area (Å²) in [4.78, 5) is 7.04. The second kappa shape index (κ2) is 5.72. The van der Waals surface area contributed by atoms with Gasteiger partial charge in [0.2, 0.25) is 0 Å². The van der Waals surface area contributed by atoms with Crippen molar-refractivity contribution < 1.29 is 5.11 Å². The number of aliphatic hydroxyl groups is 1. The third-order valence-electron chi connectivity index (χ3n) is 3.61. The van der Waals surface area contributed by atoms with Gasteiger partial charge < -0.3 is 10.0 Å². The molecule has 0 bridgehead atoms. The van der Waals surface area contributed by atoms with Crippen LogP contribution in [0.25, 0.3) is 11.3 Å². The van der Waals surface area contributed by atoms with E-state index >= 15 is 0 Å². The van der Waals surface area contributed by atoms with Crippen LogP contribution in [0.15, 0.2) is 35.7 Å². The standard InChI is InChI=1S/C15H18N2OS/c18-10-12-5-4-8-17(9-12)15-16-14(11-19-15)13-6-2-1-3-7-13/h1-3,6-7,11-12,18H,4-5,8-10H2. The van der Waals surface area contributed by atoms with Crippen molar-refractivity contribution in [3.05, 3.63) is 35.7 Å². The zero-order valence-electron chi connectivity index (χ0n) is 10.8. The molecule has 19 heavy (non-hydrogen) atoms. The van der Waals surface area contributed by atoms with E-state index in [0.717, 1.165) is 36.8 Å². The molecule has 2 aromatic rings. The highest BCUT2D eigenvalue weighted by Gasteiger charge is 2.21. The van der Waals surface area contributed by atoms with Crippen LogP contribution in [-0.4, -0.2) is 29.8 Å². The molecule has 2 heterocycles. The largest absolute Gasteiger partial charge is 0.396 e. The molecule has 3 rings (SSSR count). The summed E-state index contributed by atoms with van der Waals surface area (Å²) in [6, 6.07) is 10.3. The molecule has 1 aromatic carbocycles. The molecule has 1 aromatic heterocycles. The average molecular weight is 274 g/mol. The lowest BCUT2D eigenvalue weighted by molar-refractivity contribution is 0.208. The zero-order valence-corrected chi connectivity index (χ0v) is 11.6. The number of anilines is 1. The van der Waals surface area contributed by atoms with Crippen molar-refractivity contribution >= 4 is 16.5 Å². The summed E-state index contributed by atoms with van der Waals surface area (Å²) in [5, 5.41) is 12.5. The first-order valence-corrected chi connectivity index (χ1v) is 7.61. The maximum Gasteiger partial charge on any atom is 0.185 e. The van der Waals surface area contributed by atoms with Gasteiger partial charge in [-0.15, -0.1) is 11.3 Å². The van der Waals surface area contributed by atoms with E-state index in [1.54, 1.807) is 11.3 Å². The topological polar surface area (TPSA) is 36.4 Å². The third-order valence-corrected chi connectivity index (χ3v) is 4.51. The molecule has 0 saturated carbocycles. The average Bonchev–Trinajstić information content (AvgIpc) is 2.98. The molecule has 1 saturated heterocycles. The van der Waals surface area contributed by atoms with Crippen molar-refractivity contribution in [2.24, 2.45) is 5.92 Å². The Hall–Kier alpha value is -1.39. The van der Waals surface area contributed by atoms with Crippen LogP contribution in [0.5, 0.6) is 0 Å². The Morgan fingerprint density at radius 2 is 2.16 bits per heavy atom. The van der Waals surface area contributed by atoms with Crippen molar-refractivity contribution in [3.8, 4) is 11.3 Å². The van der Waals surface area contributed by atoms with Crippen molar-refractivity contribution in [1.29, 1.82) is 0 Å². The first kappa shape index (κ1) is 12.6. The van der Waals surface area contributed by atoms with E-state index in [0.29, 0.717) is 5.92 Å². The Labute approximate surface area is 117 Å². The number of benzene rings is 1. The lowest BCUT2D eigenvalue weighted by Gasteiger charge is -2.31. The summed E-state index contributed by atoms with van der Waals surface area (Å²) in [5.74, 6) is 0.401. The van der Waals surface area contributed by atoms with E-state index in [9.17, 15) is 5.11 Å². The summed E-state index contributed by atoms with van der Waals surface area (Å²) in [6.07, 6.45) is 2.27. The normalized spacial score (nSPS) is 19.6. The quantitative estimate of drug-likeness (QED) is 0.934. The SMILES string of the molecule is OCC1CCCN(c2nc(-c3ccccc3)cs2)C1. The summed E-state index contributed by atoms with van der Waals surface area (Å²) in [7, 11) is 0. The summed E-state index contributed by atoms with van der Waals surface area (Å²) >= 11 is 1.70. The van der Waals surface area contributed by atoms with Crippen LogP contribution in [0.2, 0.25) is 0 Å². The number of hydrogen-bond donors (Lipinski definition) is 1. The molecule has 1 N–H and O–H groups in total. The fraction of sp³-hybridized carbons (Fsp3) is 0.400. The second-order valence-electron chi connectivity index (χ2n) is 5.02. The van der Waals surface area contributed by atoms with Gasteiger partial charge >= 0.3 is 0 Å². The molecular weight excluding hydrogens is 256 g/mol. The van der Waals surface area contributed by atoms with Gasteiger partial charge in [0.15, 0.2) is 5.13 Å². The molecule has 0 amide bonds. The minimum Gasteiger partial charge on any atom is -0.396 e. The van der Waals surface area contributed by atoms with Crippen molar-refractivity contribution in [2.45, 2.75) is 12.8 Å². The van der Waals surface area contributed by atoms with Gasteiger partial charge in [0, 0.05) is 30.6 Å². The highest BCUT2D eigenvalue weighted by Crippen LogP contribution is 2.30. The summed E-state index contributed by atoms with van der Waals surface area (Å²) < 4.78 is 0. The van der Waals surface area contributed by atoms with Gasteiger partial charge in [-0.3, -0.25) is 0 Å². The fourth-order valence-corrected chi connectivity index (χ4v) is 3.41. The molecule has 0 aliphatic carbocycles. The third kappa shape index (κ3) is 2.80. The zero-order chi connectivity index (χ0) is 13.1. The maximum absolute atomic E-state index is 9.30. The van der Waals surface area contributed by atoms with Gasteiger partial charge in [0.05, 0.1) is 5.69 Å². The van der Waals surface area contributed by atoms with Gasteiger partial charge in [0.1, 0.15) is 0 Å². The van der Waals surface area contributed by atoms with Crippen LogP contribution >= 0.6 is 11.3 Å². The predicted octanol–water partition coefficient (Wildman–Crippen LogP) is 3.02. The lowest BCUT2D eigenvalue weighted by atomic mass is 10.00. The molecule has 3 nitrogen and oxygen atoms in total. The molecule has 0 radical (unpaired) electrons. The molecule has 1 unspecified atom stereocenters. The number of piperidine rings is 1. The van der Waals surface area contributed by atoms with Crippen molar-refractivity contribution in [1.82, 2.24) is 4.98 Å². The van der Waals surface area contributed by atoms with Crippen LogP contribution in [0.1, 0.15) is 12.8 Å². The Morgan fingerprint density at radius 3 is 2.95 bits per heavy atom. The first-order chi connectivity index (χ1) is 9.36. The molecule has 1 atom stereocenters. The number of rotatable bonds is 3. The van der Waals surface area contributed by atoms with Crippen molar-refractivity contribution in [3.63, 3.8) is 0 Å². The molecule has 4 heteroatoms. The Balaban J connectivity index is 1.78. The number of thiazole rings is 1. The lowest BCUT2D eigenvalue weighted by Crippen LogP contribution is -2.36.